The van der Waals surface area contributed by atoms with E-state index in [1.165, 1.54) is 6.42 Å². The molecule has 2 atom stereocenters. The van der Waals surface area contributed by atoms with Crippen molar-refractivity contribution >= 4 is 0 Å². The fourth-order valence-corrected chi connectivity index (χ4v) is 1.43. The van der Waals surface area contributed by atoms with Crippen molar-refractivity contribution in [2.24, 2.45) is 5.92 Å². The molecule has 1 aromatic heterocycles. The first kappa shape index (κ1) is 11.3. The monoisotopic (exact) mass is 195 g/mol. The van der Waals surface area contributed by atoms with Crippen LogP contribution in [0.5, 0.6) is 0 Å². The third kappa shape index (κ3) is 3.54. The molecule has 14 heavy (non-hydrogen) atoms. The van der Waals surface area contributed by atoms with Gasteiger partial charge in [-0.05, 0) is 25.0 Å². The van der Waals surface area contributed by atoms with Crippen LogP contribution >= 0.6 is 0 Å². The van der Waals surface area contributed by atoms with Crippen molar-refractivity contribution in [3.63, 3.8) is 0 Å². The summed E-state index contributed by atoms with van der Waals surface area (Å²) in [5.74, 6) is 1.81. The van der Waals surface area contributed by atoms with Gasteiger partial charge in [0.05, 0.1) is 6.26 Å². The van der Waals surface area contributed by atoms with E-state index in [1.807, 2.05) is 12.1 Å². The third-order valence-corrected chi connectivity index (χ3v) is 2.92. The summed E-state index contributed by atoms with van der Waals surface area (Å²) in [6.45, 7) is 7.76. The number of furan rings is 1. The molecule has 0 saturated carbocycles. The van der Waals surface area contributed by atoms with Gasteiger partial charge in [0.1, 0.15) is 5.76 Å². The molecule has 0 aliphatic carbocycles. The summed E-state index contributed by atoms with van der Waals surface area (Å²) in [6, 6.07) is 4.55. The maximum absolute atomic E-state index is 5.26. The second-order valence-electron chi connectivity index (χ2n) is 3.96. The van der Waals surface area contributed by atoms with Gasteiger partial charge in [0.25, 0.3) is 0 Å². The van der Waals surface area contributed by atoms with Gasteiger partial charge in [0.2, 0.25) is 0 Å². The Morgan fingerprint density at radius 2 is 2.21 bits per heavy atom. The van der Waals surface area contributed by atoms with E-state index in [2.05, 4.69) is 26.1 Å². The molecule has 80 valence electrons. The molecule has 0 saturated heterocycles. The lowest BCUT2D eigenvalue weighted by Gasteiger charge is -2.19. The number of hydrogen-bond donors (Lipinski definition) is 1. The first-order chi connectivity index (χ1) is 6.74. The normalized spacial score (nSPS) is 15.4. The molecule has 1 heterocycles. The smallest absolute Gasteiger partial charge is 0.105 e. The van der Waals surface area contributed by atoms with Gasteiger partial charge in [-0.2, -0.15) is 0 Å². The zero-order valence-electron chi connectivity index (χ0n) is 9.42. The van der Waals surface area contributed by atoms with Crippen LogP contribution in [-0.4, -0.2) is 12.6 Å². The molecular weight excluding hydrogens is 174 g/mol. The van der Waals surface area contributed by atoms with Gasteiger partial charge in [-0.1, -0.05) is 20.3 Å². The van der Waals surface area contributed by atoms with Gasteiger partial charge in [-0.25, -0.2) is 0 Å². The van der Waals surface area contributed by atoms with E-state index in [0.29, 0.717) is 6.04 Å². The molecule has 2 unspecified atom stereocenters. The summed E-state index contributed by atoms with van der Waals surface area (Å²) in [6.07, 6.45) is 3.94. The number of nitrogens with one attached hydrogen (secondary N) is 1. The molecule has 0 bridgehead atoms. The molecule has 2 nitrogen and oxygen atoms in total. The topological polar surface area (TPSA) is 25.2 Å². The van der Waals surface area contributed by atoms with Gasteiger partial charge >= 0.3 is 0 Å². The van der Waals surface area contributed by atoms with Crippen LogP contribution in [0.15, 0.2) is 22.8 Å². The average molecular weight is 195 g/mol. The highest BCUT2D eigenvalue weighted by Crippen LogP contribution is 2.06. The van der Waals surface area contributed by atoms with Crippen LogP contribution < -0.4 is 5.32 Å². The zero-order chi connectivity index (χ0) is 10.4. The molecule has 0 amide bonds. The van der Waals surface area contributed by atoms with Gasteiger partial charge in [-0.3, -0.25) is 0 Å². The Hall–Kier alpha value is -0.760. The highest BCUT2D eigenvalue weighted by Gasteiger charge is 2.08. The SMILES string of the molecule is CCC(C)C(C)NCCc1ccco1. The summed E-state index contributed by atoms with van der Waals surface area (Å²) in [5.41, 5.74) is 0. The molecule has 1 rings (SSSR count). The van der Waals surface area contributed by atoms with Crippen molar-refractivity contribution in [3.05, 3.63) is 24.2 Å². The van der Waals surface area contributed by atoms with E-state index in [9.17, 15) is 0 Å². The Bertz CT molecular complexity index is 230. The van der Waals surface area contributed by atoms with E-state index in [1.54, 1.807) is 6.26 Å². The number of hydrogen-bond acceptors (Lipinski definition) is 2. The van der Waals surface area contributed by atoms with E-state index in [-0.39, 0.29) is 0 Å². The molecular formula is C12H21NO. The van der Waals surface area contributed by atoms with Crippen molar-refractivity contribution in [2.75, 3.05) is 6.54 Å². The Balaban J connectivity index is 2.15. The molecule has 0 radical (unpaired) electrons. The Morgan fingerprint density at radius 1 is 1.43 bits per heavy atom. The molecule has 0 aliphatic heterocycles. The molecule has 0 spiro atoms. The quantitative estimate of drug-likeness (QED) is 0.755. The Morgan fingerprint density at radius 3 is 2.79 bits per heavy atom. The predicted molar refractivity (Wildman–Crippen MR) is 59.3 cm³/mol. The molecule has 2 heteroatoms. The van der Waals surface area contributed by atoms with Crippen LogP contribution in [0.3, 0.4) is 0 Å². The third-order valence-electron chi connectivity index (χ3n) is 2.92. The van der Waals surface area contributed by atoms with Crippen molar-refractivity contribution < 1.29 is 4.42 Å². The Kier molecular flexibility index (Phi) is 4.74. The second kappa shape index (κ2) is 5.86. The number of rotatable bonds is 6. The molecule has 0 fully saturated rings. The minimum absolute atomic E-state index is 0.593. The van der Waals surface area contributed by atoms with E-state index in [4.69, 9.17) is 4.42 Å². The summed E-state index contributed by atoms with van der Waals surface area (Å²) < 4.78 is 5.26. The summed E-state index contributed by atoms with van der Waals surface area (Å²) in [4.78, 5) is 0. The second-order valence-corrected chi connectivity index (χ2v) is 3.96. The minimum atomic E-state index is 0.593. The average Bonchev–Trinajstić information content (AvgIpc) is 2.69. The van der Waals surface area contributed by atoms with Gasteiger partial charge < -0.3 is 9.73 Å². The van der Waals surface area contributed by atoms with E-state index < -0.39 is 0 Å². The first-order valence-electron chi connectivity index (χ1n) is 5.49. The van der Waals surface area contributed by atoms with Crippen LogP contribution in [0, 0.1) is 5.92 Å². The lowest BCUT2D eigenvalue weighted by molar-refractivity contribution is 0.386. The lowest BCUT2D eigenvalue weighted by Crippen LogP contribution is -2.33. The fraction of sp³-hybridized carbons (Fsp3) is 0.667. The van der Waals surface area contributed by atoms with E-state index in [0.717, 1.165) is 24.6 Å². The van der Waals surface area contributed by atoms with Crippen molar-refractivity contribution in [2.45, 2.75) is 39.7 Å². The van der Waals surface area contributed by atoms with Gasteiger partial charge in [0, 0.05) is 19.0 Å². The van der Waals surface area contributed by atoms with Crippen molar-refractivity contribution in [1.29, 1.82) is 0 Å². The minimum Gasteiger partial charge on any atom is -0.469 e. The highest BCUT2D eigenvalue weighted by molar-refractivity contribution is 4.98. The first-order valence-corrected chi connectivity index (χ1v) is 5.49. The van der Waals surface area contributed by atoms with Crippen LogP contribution in [-0.2, 0) is 6.42 Å². The highest BCUT2D eigenvalue weighted by atomic mass is 16.3. The van der Waals surface area contributed by atoms with Crippen LogP contribution in [0.25, 0.3) is 0 Å². The summed E-state index contributed by atoms with van der Waals surface area (Å²) in [7, 11) is 0. The van der Waals surface area contributed by atoms with Crippen LogP contribution in [0.2, 0.25) is 0 Å². The maximum atomic E-state index is 5.26. The zero-order valence-corrected chi connectivity index (χ0v) is 9.42. The molecule has 1 aromatic rings. The summed E-state index contributed by atoms with van der Waals surface area (Å²) >= 11 is 0. The molecule has 0 aliphatic rings. The van der Waals surface area contributed by atoms with Gasteiger partial charge in [0.15, 0.2) is 0 Å². The van der Waals surface area contributed by atoms with Crippen molar-refractivity contribution in [1.82, 2.24) is 5.32 Å². The standard InChI is InChI=1S/C12H21NO/c1-4-10(2)11(3)13-8-7-12-6-5-9-14-12/h5-6,9-11,13H,4,7-8H2,1-3H3. The van der Waals surface area contributed by atoms with Crippen LogP contribution in [0.4, 0.5) is 0 Å². The predicted octanol–water partition coefficient (Wildman–Crippen LogP) is 2.85. The van der Waals surface area contributed by atoms with Crippen molar-refractivity contribution in [3.8, 4) is 0 Å². The largest absolute Gasteiger partial charge is 0.469 e. The van der Waals surface area contributed by atoms with Crippen LogP contribution in [0.1, 0.15) is 33.0 Å². The fourth-order valence-electron chi connectivity index (χ4n) is 1.43. The molecule has 0 aromatic carbocycles. The molecule has 1 N–H and O–H groups in total. The van der Waals surface area contributed by atoms with Gasteiger partial charge in [-0.15, -0.1) is 0 Å². The lowest BCUT2D eigenvalue weighted by atomic mass is 10.0. The Labute approximate surface area is 86.7 Å². The summed E-state index contributed by atoms with van der Waals surface area (Å²) in [5, 5.41) is 3.51. The maximum Gasteiger partial charge on any atom is 0.105 e. The van der Waals surface area contributed by atoms with E-state index >= 15 is 0 Å².